The highest BCUT2D eigenvalue weighted by molar-refractivity contribution is 5.55. The second-order valence-electron chi connectivity index (χ2n) is 4.53. The second-order valence-corrected chi connectivity index (χ2v) is 4.53. The van der Waals surface area contributed by atoms with Crippen LogP contribution in [0.2, 0.25) is 0 Å². The van der Waals surface area contributed by atoms with Gasteiger partial charge < -0.3 is 15.7 Å². The molecule has 0 aromatic heterocycles. The topological polar surface area (TPSA) is 49.5 Å². The molecule has 0 radical (unpaired) electrons. The molecular formula is C13H21FN2O. The molecule has 2 unspecified atom stereocenters. The summed E-state index contributed by atoms with van der Waals surface area (Å²) in [6.07, 6.45) is 0.214. The van der Waals surface area contributed by atoms with Crippen molar-refractivity contribution in [1.82, 2.24) is 0 Å². The molecule has 0 saturated heterocycles. The van der Waals surface area contributed by atoms with Gasteiger partial charge in [0.2, 0.25) is 0 Å². The Kier molecular flexibility index (Phi) is 4.90. The minimum atomic E-state index is -0.386. The Hall–Kier alpha value is -1.13. The van der Waals surface area contributed by atoms with E-state index in [0.29, 0.717) is 18.7 Å². The normalized spacial score (nSPS) is 14.5. The van der Waals surface area contributed by atoms with Gasteiger partial charge in [-0.2, -0.15) is 0 Å². The number of benzene rings is 1. The molecular weight excluding hydrogens is 219 g/mol. The number of nitrogens with two attached hydrogens (primary N) is 1. The number of aliphatic hydroxyl groups is 1. The maximum absolute atomic E-state index is 13.8. The third-order valence-electron chi connectivity index (χ3n) is 2.77. The number of hydrogen-bond acceptors (Lipinski definition) is 3. The van der Waals surface area contributed by atoms with Crippen LogP contribution in [0.3, 0.4) is 0 Å². The molecule has 2 atom stereocenters. The molecule has 0 heterocycles. The highest BCUT2D eigenvalue weighted by Gasteiger charge is 2.15. The molecule has 1 aromatic carbocycles. The molecule has 1 aromatic rings. The average Bonchev–Trinajstić information content (AvgIpc) is 2.25. The molecule has 17 heavy (non-hydrogen) atoms. The summed E-state index contributed by atoms with van der Waals surface area (Å²) in [5, 5.41) is 9.25. The van der Waals surface area contributed by atoms with Gasteiger partial charge in [-0.3, -0.25) is 0 Å². The van der Waals surface area contributed by atoms with Crippen molar-refractivity contribution in [3.63, 3.8) is 0 Å². The maximum Gasteiger partial charge on any atom is 0.146 e. The van der Waals surface area contributed by atoms with Crippen LogP contribution in [0, 0.1) is 5.82 Å². The lowest BCUT2D eigenvalue weighted by molar-refractivity contribution is 0.186. The number of nitrogens with zero attached hydrogens (tertiary/aromatic N) is 1. The molecule has 0 spiro atoms. The van der Waals surface area contributed by atoms with Gasteiger partial charge in [0.1, 0.15) is 5.82 Å². The molecule has 0 fully saturated rings. The van der Waals surface area contributed by atoms with Gasteiger partial charge in [0.15, 0.2) is 0 Å². The van der Waals surface area contributed by atoms with Crippen molar-refractivity contribution in [3.05, 3.63) is 29.6 Å². The minimum Gasteiger partial charge on any atom is -0.393 e. The minimum absolute atomic E-state index is 0.213. The number of anilines is 1. The van der Waals surface area contributed by atoms with Gasteiger partial charge in [-0.15, -0.1) is 0 Å². The lowest BCUT2D eigenvalue weighted by Crippen LogP contribution is -2.25. The molecule has 0 aliphatic heterocycles. The van der Waals surface area contributed by atoms with E-state index in [9.17, 15) is 9.50 Å². The second kappa shape index (κ2) is 5.98. The molecule has 0 aliphatic rings. The van der Waals surface area contributed by atoms with Crippen molar-refractivity contribution in [1.29, 1.82) is 0 Å². The van der Waals surface area contributed by atoms with Crippen molar-refractivity contribution in [2.45, 2.75) is 32.4 Å². The zero-order valence-electron chi connectivity index (χ0n) is 10.7. The summed E-state index contributed by atoms with van der Waals surface area (Å²) >= 11 is 0. The van der Waals surface area contributed by atoms with Gasteiger partial charge in [-0.1, -0.05) is 12.1 Å². The fourth-order valence-electron chi connectivity index (χ4n) is 1.79. The SMILES string of the molecule is CC(O)CCN(C)c1c(F)cccc1C(C)N. The van der Waals surface area contributed by atoms with E-state index < -0.39 is 0 Å². The summed E-state index contributed by atoms with van der Waals surface area (Å²) < 4.78 is 13.8. The quantitative estimate of drug-likeness (QED) is 0.828. The van der Waals surface area contributed by atoms with Crippen molar-refractivity contribution in [2.24, 2.45) is 5.73 Å². The van der Waals surface area contributed by atoms with Gasteiger partial charge in [-0.25, -0.2) is 4.39 Å². The van der Waals surface area contributed by atoms with Crippen LogP contribution in [0.15, 0.2) is 18.2 Å². The zero-order chi connectivity index (χ0) is 13.0. The molecule has 4 heteroatoms. The first-order valence-electron chi connectivity index (χ1n) is 5.86. The van der Waals surface area contributed by atoms with Gasteiger partial charge in [0.05, 0.1) is 11.8 Å². The molecule has 1 rings (SSSR count). The van der Waals surface area contributed by atoms with Gasteiger partial charge in [0, 0.05) is 19.6 Å². The van der Waals surface area contributed by atoms with E-state index in [2.05, 4.69) is 0 Å². The van der Waals surface area contributed by atoms with Crippen molar-refractivity contribution in [3.8, 4) is 0 Å². The maximum atomic E-state index is 13.8. The number of para-hydroxylation sites is 1. The van der Waals surface area contributed by atoms with Crippen LogP contribution >= 0.6 is 0 Å². The molecule has 0 saturated carbocycles. The highest BCUT2D eigenvalue weighted by Crippen LogP contribution is 2.27. The van der Waals surface area contributed by atoms with Gasteiger partial charge in [-0.05, 0) is 31.9 Å². The Morgan fingerprint density at radius 3 is 2.59 bits per heavy atom. The van der Waals surface area contributed by atoms with E-state index in [4.69, 9.17) is 5.73 Å². The fourth-order valence-corrected chi connectivity index (χ4v) is 1.79. The largest absolute Gasteiger partial charge is 0.393 e. The highest BCUT2D eigenvalue weighted by atomic mass is 19.1. The fraction of sp³-hybridized carbons (Fsp3) is 0.538. The summed E-state index contributed by atoms with van der Waals surface area (Å²) in [6.45, 7) is 4.15. The van der Waals surface area contributed by atoms with Crippen molar-refractivity contribution < 1.29 is 9.50 Å². The van der Waals surface area contributed by atoms with E-state index in [1.165, 1.54) is 6.07 Å². The summed E-state index contributed by atoms with van der Waals surface area (Å²) in [4.78, 5) is 1.81. The van der Waals surface area contributed by atoms with Crippen LogP contribution in [-0.2, 0) is 0 Å². The van der Waals surface area contributed by atoms with Crippen LogP contribution in [0.25, 0.3) is 0 Å². The Morgan fingerprint density at radius 1 is 1.41 bits per heavy atom. The number of halogens is 1. The molecule has 3 N–H and O–H groups in total. The van der Waals surface area contributed by atoms with E-state index in [0.717, 1.165) is 5.56 Å². The first-order valence-corrected chi connectivity index (χ1v) is 5.86. The van der Waals surface area contributed by atoms with Crippen LogP contribution in [0.1, 0.15) is 31.9 Å². The van der Waals surface area contributed by atoms with Crippen LogP contribution < -0.4 is 10.6 Å². The lowest BCUT2D eigenvalue weighted by atomic mass is 10.1. The van der Waals surface area contributed by atoms with Crippen LogP contribution in [0.5, 0.6) is 0 Å². The van der Waals surface area contributed by atoms with Gasteiger partial charge >= 0.3 is 0 Å². The van der Waals surface area contributed by atoms with E-state index in [1.807, 2.05) is 20.0 Å². The number of aliphatic hydroxyl groups excluding tert-OH is 1. The van der Waals surface area contributed by atoms with Crippen molar-refractivity contribution in [2.75, 3.05) is 18.5 Å². The first kappa shape index (κ1) is 13.9. The lowest BCUT2D eigenvalue weighted by Gasteiger charge is -2.25. The molecule has 0 amide bonds. The monoisotopic (exact) mass is 240 g/mol. The van der Waals surface area contributed by atoms with Crippen molar-refractivity contribution >= 4 is 5.69 Å². The van der Waals surface area contributed by atoms with Gasteiger partial charge in [0.25, 0.3) is 0 Å². The summed E-state index contributed by atoms with van der Waals surface area (Å²) in [7, 11) is 1.81. The van der Waals surface area contributed by atoms with Crippen LogP contribution in [0.4, 0.5) is 10.1 Å². The Morgan fingerprint density at radius 2 is 2.06 bits per heavy atom. The van der Waals surface area contributed by atoms with E-state index in [-0.39, 0.29) is 18.0 Å². The van der Waals surface area contributed by atoms with E-state index >= 15 is 0 Å². The number of hydrogen-bond donors (Lipinski definition) is 2. The Labute approximate surface area is 102 Å². The predicted octanol–water partition coefficient (Wildman–Crippen LogP) is 2.05. The molecule has 0 aliphatic carbocycles. The smallest absolute Gasteiger partial charge is 0.146 e. The standard InChI is InChI=1S/C13H21FN2O/c1-9(17)7-8-16(3)13-11(10(2)15)5-4-6-12(13)14/h4-6,9-10,17H,7-8,15H2,1-3H3. The summed E-state index contributed by atoms with van der Waals surface area (Å²) in [6, 6.07) is 4.72. The number of rotatable bonds is 5. The third-order valence-corrected chi connectivity index (χ3v) is 2.77. The average molecular weight is 240 g/mol. The summed E-state index contributed by atoms with van der Waals surface area (Å²) in [5.74, 6) is -0.270. The molecule has 0 bridgehead atoms. The Balaban J connectivity index is 2.94. The molecule has 96 valence electrons. The zero-order valence-corrected chi connectivity index (χ0v) is 10.7. The summed E-state index contributed by atoms with van der Waals surface area (Å²) in [5.41, 5.74) is 7.16. The van der Waals surface area contributed by atoms with E-state index in [1.54, 1.807) is 17.9 Å². The molecule has 3 nitrogen and oxygen atoms in total. The first-order chi connectivity index (χ1) is 7.93. The van der Waals surface area contributed by atoms with Crippen LogP contribution in [-0.4, -0.2) is 24.8 Å². The predicted molar refractivity (Wildman–Crippen MR) is 68.6 cm³/mol. The third kappa shape index (κ3) is 3.68. The Bertz CT molecular complexity index is 366.